The third-order valence-corrected chi connectivity index (χ3v) is 3.78. The molecule has 120 valence electrons. The summed E-state index contributed by atoms with van der Waals surface area (Å²) in [4.78, 5) is 18.0. The highest BCUT2D eigenvalue weighted by atomic mass is 16.6. The number of nitrogens with two attached hydrogens (primary N) is 1. The Balaban J connectivity index is 1.70. The minimum absolute atomic E-state index is 0.185. The minimum Gasteiger partial charge on any atom is -0.444 e. The molecule has 0 spiro atoms. The third kappa shape index (κ3) is 5.10. The highest BCUT2D eigenvalue weighted by Crippen LogP contribution is 2.20. The molecule has 21 heavy (non-hydrogen) atoms. The van der Waals surface area contributed by atoms with E-state index in [4.69, 9.17) is 10.5 Å². The molecular formula is C15H28N4O2. The molecule has 0 aromatic rings. The lowest BCUT2D eigenvalue weighted by Gasteiger charge is -2.40. The van der Waals surface area contributed by atoms with Gasteiger partial charge in [-0.15, -0.1) is 0 Å². The van der Waals surface area contributed by atoms with Crippen LogP contribution in [0, 0.1) is 0 Å². The van der Waals surface area contributed by atoms with E-state index in [9.17, 15) is 4.79 Å². The molecule has 0 atom stereocenters. The van der Waals surface area contributed by atoms with E-state index in [0.29, 0.717) is 25.1 Å². The first-order valence-electron chi connectivity index (χ1n) is 7.91. The maximum atomic E-state index is 11.8. The average Bonchev–Trinajstić information content (AvgIpc) is 2.32. The average molecular weight is 296 g/mol. The Labute approximate surface area is 127 Å². The second-order valence-electron chi connectivity index (χ2n) is 7.03. The normalized spacial score (nSPS) is 21.9. The van der Waals surface area contributed by atoms with E-state index in [0.717, 1.165) is 12.8 Å². The van der Waals surface area contributed by atoms with E-state index < -0.39 is 5.60 Å². The Bertz CT molecular complexity index is 391. The van der Waals surface area contributed by atoms with E-state index in [-0.39, 0.29) is 12.1 Å². The van der Waals surface area contributed by atoms with Crippen molar-refractivity contribution in [2.45, 2.75) is 70.6 Å². The number of likely N-dealkylation sites (tertiary alicyclic amines) is 1. The van der Waals surface area contributed by atoms with Gasteiger partial charge in [0.05, 0.1) is 12.1 Å². The minimum atomic E-state index is -0.447. The van der Waals surface area contributed by atoms with Gasteiger partial charge in [-0.05, 0) is 33.6 Å². The largest absolute Gasteiger partial charge is 0.444 e. The molecule has 2 aliphatic rings. The number of nitrogens with zero attached hydrogens (tertiary/aromatic N) is 2. The number of carbonyl (C=O) groups excluding carboxylic acids is 1. The van der Waals surface area contributed by atoms with E-state index in [1.54, 1.807) is 4.90 Å². The summed E-state index contributed by atoms with van der Waals surface area (Å²) in [5, 5.41) is 3.19. The first-order valence-corrected chi connectivity index (χ1v) is 7.91. The van der Waals surface area contributed by atoms with Gasteiger partial charge in [-0.2, -0.15) is 0 Å². The number of nitrogens with one attached hydrogen (secondary N) is 1. The zero-order chi connectivity index (χ0) is 15.5. The summed E-state index contributed by atoms with van der Waals surface area (Å²) in [7, 11) is 0. The van der Waals surface area contributed by atoms with Crippen molar-refractivity contribution in [1.82, 2.24) is 10.2 Å². The van der Waals surface area contributed by atoms with Crippen molar-refractivity contribution in [3.8, 4) is 0 Å². The van der Waals surface area contributed by atoms with Crippen LogP contribution in [-0.2, 0) is 4.74 Å². The molecule has 1 saturated carbocycles. The van der Waals surface area contributed by atoms with Crippen molar-refractivity contribution < 1.29 is 9.53 Å². The van der Waals surface area contributed by atoms with Crippen molar-refractivity contribution in [1.29, 1.82) is 0 Å². The quantitative estimate of drug-likeness (QED) is 0.602. The van der Waals surface area contributed by atoms with Crippen LogP contribution >= 0.6 is 0 Å². The third-order valence-electron chi connectivity index (χ3n) is 3.78. The standard InChI is InChI=1S/C15H28N4O2/c1-15(2,3)21-14(20)19-9-12(10-19)18-13(16)17-11-7-5-4-6-8-11/h11-12H,4-10H2,1-3H3,(H3,16,17,18). The van der Waals surface area contributed by atoms with Gasteiger partial charge < -0.3 is 20.7 Å². The predicted octanol–water partition coefficient (Wildman–Crippen LogP) is 1.84. The van der Waals surface area contributed by atoms with Gasteiger partial charge in [-0.1, -0.05) is 19.3 Å². The molecule has 0 aromatic heterocycles. The molecule has 0 unspecified atom stereocenters. The Morgan fingerprint density at radius 1 is 1.24 bits per heavy atom. The molecule has 2 rings (SSSR count). The molecular weight excluding hydrogens is 268 g/mol. The van der Waals surface area contributed by atoms with Crippen molar-refractivity contribution in [3.63, 3.8) is 0 Å². The number of guanidine groups is 1. The lowest BCUT2D eigenvalue weighted by molar-refractivity contribution is 0.00705. The summed E-state index contributed by atoms with van der Waals surface area (Å²) in [5.74, 6) is 0.510. The van der Waals surface area contributed by atoms with Gasteiger partial charge in [-0.25, -0.2) is 4.79 Å². The number of carbonyl (C=O) groups is 1. The maximum Gasteiger partial charge on any atom is 0.410 e. The monoisotopic (exact) mass is 296 g/mol. The van der Waals surface area contributed by atoms with Crippen molar-refractivity contribution in [3.05, 3.63) is 0 Å². The molecule has 1 amide bonds. The topological polar surface area (TPSA) is 80.0 Å². The number of aliphatic imine (C=N–C) groups is 1. The molecule has 0 aromatic carbocycles. The lowest BCUT2D eigenvalue weighted by Crippen LogP contribution is -2.62. The maximum absolute atomic E-state index is 11.8. The molecule has 6 heteroatoms. The summed E-state index contributed by atoms with van der Waals surface area (Å²) < 4.78 is 5.31. The summed E-state index contributed by atoms with van der Waals surface area (Å²) >= 11 is 0. The van der Waals surface area contributed by atoms with Gasteiger partial charge in [0.1, 0.15) is 5.60 Å². The van der Waals surface area contributed by atoms with Gasteiger partial charge >= 0.3 is 6.09 Å². The van der Waals surface area contributed by atoms with Crippen LogP contribution in [0.5, 0.6) is 0 Å². The molecule has 6 nitrogen and oxygen atoms in total. The molecule has 1 aliphatic heterocycles. The van der Waals surface area contributed by atoms with E-state index in [1.165, 1.54) is 19.3 Å². The second kappa shape index (κ2) is 6.54. The highest BCUT2D eigenvalue weighted by Gasteiger charge is 2.33. The fourth-order valence-corrected chi connectivity index (χ4v) is 2.70. The van der Waals surface area contributed by atoms with E-state index in [2.05, 4.69) is 10.3 Å². The highest BCUT2D eigenvalue weighted by molar-refractivity contribution is 5.79. The number of rotatable bonds is 2. The van der Waals surface area contributed by atoms with Crippen LogP contribution in [0.25, 0.3) is 0 Å². The van der Waals surface area contributed by atoms with E-state index >= 15 is 0 Å². The van der Waals surface area contributed by atoms with Crippen LogP contribution in [-0.4, -0.2) is 47.7 Å². The fourth-order valence-electron chi connectivity index (χ4n) is 2.70. The molecule has 1 saturated heterocycles. The summed E-state index contributed by atoms with van der Waals surface area (Å²) in [5.41, 5.74) is 5.50. The van der Waals surface area contributed by atoms with Gasteiger partial charge in [0.15, 0.2) is 5.96 Å². The Morgan fingerprint density at radius 2 is 1.86 bits per heavy atom. The van der Waals surface area contributed by atoms with E-state index in [1.807, 2.05) is 20.8 Å². The number of amides is 1. The van der Waals surface area contributed by atoms with Crippen LogP contribution in [0.3, 0.4) is 0 Å². The molecule has 2 fully saturated rings. The fraction of sp³-hybridized carbons (Fsp3) is 0.867. The van der Waals surface area contributed by atoms with Gasteiger partial charge in [-0.3, -0.25) is 4.99 Å². The van der Waals surface area contributed by atoms with Crippen LogP contribution in [0.2, 0.25) is 0 Å². The smallest absolute Gasteiger partial charge is 0.410 e. The first kappa shape index (κ1) is 15.9. The van der Waals surface area contributed by atoms with Crippen molar-refractivity contribution in [2.75, 3.05) is 13.1 Å². The molecule has 1 aliphatic carbocycles. The number of ether oxygens (including phenoxy) is 1. The SMILES string of the molecule is CC(C)(C)OC(=O)N1CC(NC(N)=NC2CCCCC2)C1. The van der Waals surface area contributed by atoms with Gasteiger partial charge in [0.25, 0.3) is 0 Å². The predicted molar refractivity (Wildman–Crippen MR) is 83.2 cm³/mol. The molecule has 0 bridgehead atoms. The molecule has 0 radical (unpaired) electrons. The van der Waals surface area contributed by atoms with Crippen molar-refractivity contribution >= 4 is 12.1 Å². The Kier molecular flexibility index (Phi) is 4.96. The molecule has 1 heterocycles. The zero-order valence-electron chi connectivity index (χ0n) is 13.4. The Hall–Kier alpha value is -1.46. The van der Waals surface area contributed by atoms with Gasteiger partial charge in [0, 0.05) is 13.1 Å². The van der Waals surface area contributed by atoms with Crippen molar-refractivity contribution in [2.24, 2.45) is 10.7 Å². The van der Waals surface area contributed by atoms with Crippen LogP contribution in [0.15, 0.2) is 4.99 Å². The lowest BCUT2D eigenvalue weighted by atomic mass is 9.96. The molecule has 3 N–H and O–H groups in total. The number of hydrogen-bond acceptors (Lipinski definition) is 3. The van der Waals surface area contributed by atoms with Crippen LogP contribution in [0.4, 0.5) is 4.79 Å². The Morgan fingerprint density at radius 3 is 2.43 bits per heavy atom. The van der Waals surface area contributed by atoms with Crippen LogP contribution < -0.4 is 11.1 Å². The zero-order valence-corrected chi connectivity index (χ0v) is 13.4. The first-order chi connectivity index (χ1) is 9.83. The summed E-state index contributed by atoms with van der Waals surface area (Å²) in [6, 6.07) is 0.554. The number of hydrogen-bond donors (Lipinski definition) is 2. The summed E-state index contributed by atoms with van der Waals surface area (Å²) in [6.45, 7) is 6.85. The summed E-state index contributed by atoms with van der Waals surface area (Å²) in [6.07, 6.45) is 5.82. The second-order valence-corrected chi connectivity index (χ2v) is 7.03. The van der Waals surface area contributed by atoms with Gasteiger partial charge in [0.2, 0.25) is 0 Å². The van der Waals surface area contributed by atoms with Crippen LogP contribution in [0.1, 0.15) is 52.9 Å².